The summed E-state index contributed by atoms with van der Waals surface area (Å²) in [6.07, 6.45) is 1.09. The van der Waals surface area contributed by atoms with Crippen molar-refractivity contribution in [3.05, 3.63) is 47.2 Å². The lowest BCUT2D eigenvalue weighted by atomic mass is 10.1. The minimum Gasteiger partial charge on any atom is -0.309 e. The van der Waals surface area contributed by atoms with E-state index < -0.39 is 0 Å². The summed E-state index contributed by atoms with van der Waals surface area (Å²) in [4.78, 5) is 0. The molecule has 21 heavy (non-hydrogen) atoms. The summed E-state index contributed by atoms with van der Waals surface area (Å²) in [5.41, 5.74) is 3.83. The van der Waals surface area contributed by atoms with Crippen LogP contribution < -0.4 is 5.32 Å². The molecule has 1 heterocycles. The van der Waals surface area contributed by atoms with Crippen molar-refractivity contribution < 1.29 is 0 Å². The van der Waals surface area contributed by atoms with Crippen molar-refractivity contribution in [1.82, 2.24) is 15.1 Å². The molecule has 0 fully saturated rings. The van der Waals surface area contributed by atoms with Crippen LogP contribution in [0.2, 0.25) is 0 Å². The average Bonchev–Trinajstić information content (AvgIpc) is 2.81. The van der Waals surface area contributed by atoms with E-state index in [0.29, 0.717) is 6.04 Å². The molecule has 0 aliphatic carbocycles. The molecule has 4 heteroatoms. The largest absolute Gasteiger partial charge is 0.309 e. The highest BCUT2D eigenvalue weighted by Crippen LogP contribution is 2.25. The van der Waals surface area contributed by atoms with Gasteiger partial charge >= 0.3 is 0 Å². The first-order chi connectivity index (χ1) is 10.1. The van der Waals surface area contributed by atoms with Crippen LogP contribution in [-0.2, 0) is 13.5 Å². The van der Waals surface area contributed by atoms with Gasteiger partial charge in [-0.05, 0) is 37.1 Å². The maximum atomic E-state index is 4.41. The average molecular weight is 303 g/mol. The van der Waals surface area contributed by atoms with Gasteiger partial charge in [0, 0.05) is 18.8 Å². The van der Waals surface area contributed by atoms with Crippen molar-refractivity contribution in [3.8, 4) is 0 Å². The third-order valence-corrected chi connectivity index (χ3v) is 4.78. The van der Waals surface area contributed by atoms with E-state index in [4.69, 9.17) is 0 Å². The minimum atomic E-state index is 0.376. The first-order valence-electron chi connectivity index (χ1n) is 7.59. The summed E-state index contributed by atoms with van der Waals surface area (Å²) >= 11 is 1.86. The predicted molar refractivity (Wildman–Crippen MR) is 90.9 cm³/mol. The molecule has 1 atom stereocenters. The quantitative estimate of drug-likeness (QED) is 0.790. The first kappa shape index (κ1) is 16.1. The maximum Gasteiger partial charge on any atom is 0.0939 e. The Bertz CT molecular complexity index is 560. The van der Waals surface area contributed by atoms with E-state index in [2.05, 4.69) is 54.6 Å². The third kappa shape index (κ3) is 4.35. The van der Waals surface area contributed by atoms with Gasteiger partial charge < -0.3 is 5.32 Å². The number of rotatable bonds is 7. The summed E-state index contributed by atoms with van der Waals surface area (Å²) in [7, 11) is 2.01. The van der Waals surface area contributed by atoms with Crippen LogP contribution in [0.25, 0.3) is 0 Å². The molecule has 0 saturated heterocycles. The highest BCUT2D eigenvalue weighted by molar-refractivity contribution is 7.99. The van der Waals surface area contributed by atoms with Crippen LogP contribution in [0, 0.1) is 6.92 Å². The van der Waals surface area contributed by atoms with Gasteiger partial charge in [-0.1, -0.05) is 38.1 Å². The fraction of sp³-hybridized carbons (Fsp3) is 0.471. The molecule has 0 radical (unpaired) electrons. The van der Waals surface area contributed by atoms with E-state index in [0.717, 1.165) is 24.4 Å². The summed E-state index contributed by atoms with van der Waals surface area (Å²) in [5, 5.41) is 9.21. The molecule has 1 aromatic carbocycles. The number of benzene rings is 1. The summed E-state index contributed by atoms with van der Waals surface area (Å²) in [6, 6.07) is 11.5. The number of nitrogens with one attached hydrogen (secondary N) is 1. The van der Waals surface area contributed by atoms with Crippen molar-refractivity contribution in [2.75, 3.05) is 12.3 Å². The number of aromatic nitrogens is 2. The molecule has 0 amide bonds. The molecule has 0 bridgehead atoms. The molecule has 0 spiro atoms. The van der Waals surface area contributed by atoms with Gasteiger partial charge in [0.15, 0.2) is 0 Å². The third-order valence-electron chi connectivity index (χ3n) is 3.60. The Hall–Kier alpha value is -1.26. The molecule has 114 valence electrons. The van der Waals surface area contributed by atoms with E-state index in [9.17, 15) is 0 Å². The van der Waals surface area contributed by atoms with Crippen LogP contribution in [0.4, 0.5) is 0 Å². The molecule has 1 N–H and O–H groups in total. The smallest absolute Gasteiger partial charge is 0.0939 e. The van der Waals surface area contributed by atoms with Crippen LogP contribution in [0.1, 0.15) is 36.7 Å². The second-order valence-electron chi connectivity index (χ2n) is 5.26. The van der Waals surface area contributed by atoms with E-state index in [1.54, 1.807) is 0 Å². The van der Waals surface area contributed by atoms with Crippen molar-refractivity contribution >= 4 is 11.8 Å². The minimum absolute atomic E-state index is 0.376. The topological polar surface area (TPSA) is 29.9 Å². The zero-order valence-corrected chi connectivity index (χ0v) is 14.2. The Balaban J connectivity index is 2.05. The van der Waals surface area contributed by atoms with E-state index in [1.807, 2.05) is 30.4 Å². The predicted octanol–water partition coefficient (Wildman–Crippen LogP) is 3.73. The number of nitrogens with zero attached hydrogens (tertiary/aromatic N) is 2. The van der Waals surface area contributed by atoms with Gasteiger partial charge in [-0.3, -0.25) is 4.68 Å². The van der Waals surface area contributed by atoms with Gasteiger partial charge in [0.2, 0.25) is 0 Å². The molecule has 1 aromatic heterocycles. The lowest BCUT2D eigenvalue weighted by molar-refractivity contribution is 0.604. The van der Waals surface area contributed by atoms with E-state index in [-0.39, 0.29) is 0 Å². The molecule has 0 aliphatic heterocycles. The van der Waals surface area contributed by atoms with Gasteiger partial charge in [-0.25, -0.2) is 0 Å². The van der Waals surface area contributed by atoms with Crippen molar-refractivity contribution in [3.63, 3.8) is 0 Å². The molecular formula is C17H25N3S. The summed E-state index contributed by atoms with van der Waals surface area (Å²) in [6.45, 7) is 7.37. The lowest BCUT2D eigenvalue weighted by Crippen LogP contribution is -2.23. The highest BCUT2D eigenvalue weighted by atomic mass is 32.2. The first-order valence-corrected chi connectivity index (χ1v) is 8.58. The fourth-order valence-electron chi connectivity index (χ4n) is 2.40. The molecular weight excluding hydrogens is 278 g/mol. The van der Waals surface area contributed by atoms with Crippen molar-refractivity contribution in [2.45, 2.75) is 38.3 Å². The molecule has 1 unspecified atom stereocenters. The van der Waals surface area contributed by atoms with Crippen LogP contribution in [-0.4, -0.2) is 22.1 Å². The number of aryl methyl sites for hydroxylation is 3. The number of thioether (sulfide) groups is 1. The SMILES string of the molecule is CCNC(CSc1cc(C)nn1C)c1ccc(CC)cc1. The van der Waals surface area contributed by atoms with Gasteiger partial charge in [0.1, 0.15) is 0 Å². The monoisotopic (exact) mass is 303 g/mol. The normalized spacial score (nSPS) is 12.6. The van der Waals surface area contributed by atoms with Gasteiger partial charge in [0.05, 0.1) is 10.7 Å². The van der Waals surface area contributed by atoms with Crippen LogP contribution in [0.15, 0.2) is 35.4 Å². The standard InChI is InChI=1S/C17H25N3S/c1-5-14-7-9-15(10-8-14)16(18-6-2)12-21-17-11-13(3)19-20(17)4/h7-11,16,18H,5-6,12H2,1-4H3. The molecule has 0 aliphatic rings. The number of hydrogen-bond acceptors (Lipinski definition) is 3. The summed E-state index contributed by atoms with van der Waals surface area (Å²) in [5.74, 6) is 1.01. The van der Waals surface area contributed by atoms with Crippen LogP contribution in [0.3, 0.4) is 0 Å². The van der Waals surface area contributed by atoms with Gasteiger partial charge in [-0.15, -0.1) is 11.8 Å². The molecule has 2 rings (SSSR count). The van der Waals surface area contributed by atoms with Gasteiger partial charge in [-0.2, -0.15) is 5.10 Å². The molecule has 0 saturated carbocycles. The zero-order chi connectivity index (χ0) is 15.2. The maximum absolute atomic E-state index is 4.41. The Labute approximate surface area is 132 Å². The fourth-order valence-corrected chi connectivity index (χ4v) is 3.52. The molecule has 2 aromatic rings. The van der Waals surface area contributed by atoms with Crippen LogP contribution in [0.5, 0.6) is 0 Å². The summed E-state index contributed by atoms with van der Waals surface area (Å²) < 4.78 is 1.96. The Morgan fingerprint density at radius 1 is 1.24 bits per heavy atom. The van der Waals surface area contributed by atoms with Crippen LogP contribution >= 0.6 is 11.8 Å². The Morgan fingerprint density at radius 3 is 2.48 bits per heavy atom. The van der Waals surface area contributed by atoms with Crippen molar-refractivity contribution in [2.24, 2.45) is 7.05 Å². The Morgan fingerprint density at radius 2 is 1.95 bits per heavy atom. The highest BCUT2D eigenvalue weighted by Gasteiger charge is 2.12. The van der Waals surface area contributed by atoms with E-state index in [1.165, 1.54) is 16.2 Å². The second-order valence-corrected chi connectivity index (χ2v) is 6.30. The van der Waals surface area contributed by atoms with Gasteiger partial charge in [0.25, 0.3) is 0 Å². The lowest BCUT2D eigenvalue weighted by Gasteiger charge is -2.18. The van der Waals surface area contributed by atoms with Crippen molar-refractivity contribution in [1.29, 1.82) is 0 Å². The number of hydrogen-bond donors (Lipinski definition) is 1. The molecule has 3 nitrogen and oxygen atoms in total. The van der Waals surface area contributed by atoms with E-state index >= 15 is 0 Å². The Kier molecular flexibility index (Phi) is 5.88. The second kappa shape index (κ2) is 7.66. The zero-order valence-electron chi connectivity index (χ0n) is 13.4.